The Bertz CT molecular complexity index is 807. The lowest BCUT2D eigenvalue weighted by molar-refractivity contribution is -0.147. The maximum atomic E-state index is 12.0. The number of nitriles is 1. The van der Waals surface area contributed by atoms with E-state index in [1.54, 1.807) is 19.1 Å². The topological polar surface area (TPSA) is 105 Å². The Labute approximate surface area is 155 Å². The van der Waals surface area contributed by atoms with Crippen LogP contribution in [0.5, 0.6) is 0 Å². The van der Waals surface area contributed by atoms with Crippen LogP contribution >= 0.6 is 11.8 Å². The molecule has 0 saturated heterocycles. The molecule has 8 heteroatoms. The van der Waals surface area contributed by atoms with Crippen LogP contribution in [-0.4, -0.2) is 29.4 Å². The summed E-state index contributed by atoms with van der Waals surface area (Å²) in [4.78, 5) is 24.6. The minimum Gasteiger partial charge on any atom is -0.456 e. The monoisotopic (exact) mass is 373 g/mol. The molecule has 0 fully saturated rings. The van der Waals surface area contributed by atoms with Crippen molar-refractivity contribution in [3.05, 3.63) is 41.3 Å². The lowest BCUT2D eigenvalue weighted by Crippen LogP contribution is -2.21. The second kappa shape index (κ2) is 9.63. The van der Waals surface area contributed by atoms with E-state index in [9.17, 15) is 9.59 Å². The number of esters is 1. The quantitative estimate of drug-likeness (QED) is 0.560. The number of rotatable bonds is 8. The molecule has 0 aliphatic heterocycles. The fourth-order valence-corrected chi connectivity index (χ4v) is 2.97. The van der Waals surface area contributed by atoms with Crippen molar-refractivity contribution in [3.63, 3.8) is 0 Å². The van der Waals surface area contributed by atoms with Crippen molar-refractivity contribution in [2.45, 2.75) is 31.6 Å². The van der Waals surface area contributed by atoms with E-state index in [1.165, 1.54) is 11.8 Å². The minimum atomic E-state index is -0.465. The highest BCUT2D eigenvalue weighted by Crippen LogP contribution is 2.26. The van der Waals surface area contributed by atoms with E-state index < -0.39 is 11.9 Å². The molecule has 1 heterocycles. The number of thioether (sulfide) groups is 1. The standard InChI is InChI=1S/C18H19N3O4S/c1-12-14(13(2)25-21-12)7-8-18(23)24-11-17(22)20-15-5-3-4-6-16(15)26-10-9-19/h3-6H,7-8,10-11H2,1-2H3,(H,20,22). The molecule has 1 N–H and O–H groups in total. The molecule has 0 saturated carbocycles. The van der Waals surface area contributed by atoms with Crippen molar-refractivity contribution in [3.8, 4) is 6.07 Å². The van der Waals surface area contributed by atoms with Crippen molar-refractivity contribution in [1.29, 1.82) is 5.26 Å². The summed E-state index contributed by atoms with van der Waals surface area (Å²) in [7, 11) is 0. The Morgan fingerprint density at radius 2 is 2.12 bits per heavy atom. The molecule has 1 aromatic carbocycles. The van der Waals surface area contributed by atoms with Gasteiger partial charge in [-0.25, -0.2) is 0 Å². The maximum Gasteiger partial charge on any atom is 0.306 e. The number of carbonyl (C=O) groups is 2. The van der Waals surface area contributed by atoms with Crippen molar-refractivity contribution in [2.24, 2.45) is 0 Å². The zero-order valence-corrected chi connectivity index (χ0v) is 15.4. The molecule has 1 amide bonds. The number of amides is 1. The number of aryl methyl sites for hydroxylation is 2. The van der Waals surface area contributed by atoms with E-state index >= 15 is 0 Å². The summed E-state index contributed by atoms with van der Waals surface area (Å²) >= 11 is 1.32. The Morgan fingerprint density at radius 3 is 2.81 bits per heavy atom. The summed E-state index contributed by atoms with van der Waals surface area (Å²) in [5.74, 6) is 0.0660. The molecular weight excluding hydrogens is 354 g/mol. The van der Waals surface area contributed by atoms with Gasteiger partial charge in [0.15, 0.2) is 6.61 Å². The average Bonchev–Trinajstić information content (AvgIpc) is 2.95. The van der Waals surface area contributed by atoms with Crippen molar-refractivity contribution < 1.29 is 18.8 Å². The minimum absolute atomic E-state index is 0.144. The second-order valence-electron chi connectivity index (χ2n) is 5.45. The van der Waals surface area contributed by atoms with Gasteiger partial charge in [-0.15, -0.1) is 11.8 Å². The molecule has 1 aromatic heterocycles. The van der Waals surface area contributed by atoms with E-state index in [4.69, 9.17) is 14.5 Å². The van der Waals surface area contributed by atoms with Crippen LogP contribution in [0.2, 0.25) is 0 Å². The number of anilines is 1. The number of benzene rings is 1. The molecule has 2 rings (SSSR count). The molecule has 26 heavy (non-hydrogen) atoms. The van der Waals surface area contributed by atoms with E-state index in [-0.39, 0.29) is 18.8 Å². The summed E-state index contributed by atoms with van der Waals surface area (Å²) in [6.07, 6.45) is 0.597. The number of para-hydroxylation sites is 1. The van der Waals surface area contributed by atoms with Gasteiger partial charge < -0.3 is 14.6 Å². The number of carbonyl (C=O) groups excluding carboxylic acids is 2. The first-order valence-corrected chi connectivity index (χ1v) is 8.95. The number of nitrogens with zero attached hydrogens (tertiary/aromatic N) is 2. The lowest BCUT2D eigenvalue weighted by atomic mass is 10.1. The summed E-state index contributed by atoms with van der Waals surface area (Å²) < 4.78 is 10.1. The van der Waals surface area contributed by atoms with Crippen LogP contribution < -0.4 is 5.32 Å². The van der Waals surface area contributed by atoms with E-state index in [0.717, 1.165) is 16.2 Å². The number of nitrogens with one attached hydrogen (secondary N) is 1. The van der Waals surface area contributed by atoms with Gasteiger partial charge in [0.1, 0.15) is 5.76 Å². The Morgan fingerprint density at radius 1 is 1.35 bits per heavy atom. The third-order valence-corrected chi connectivity index (χ3v) is 4.52. The van der Waals surface area contributed by atoms with Crippen LogP contribution in [0.15, 0.2) is 33.7 Å². The number of hydrogen-bond donors (Lipinski definition) is 1. The molecule has 0 unspecified atom stereocenters. The predicted octanol–water partition coefficient (Wildman–Crippen LogP) is 3.02. The molecule has 0 spiro atoms. The predicted molar refractivity (Wildman–Crippen MR) is 96.7 cm³/mol. The fourth-order valence-electron chi connectivity index (χ4n) is 2.30. The Hall–Kier alpha value is -2.79. The molecule has 0 aliphatic rings. The largest absolute Gasteiger partial charge is 0.456 e. The smallest absolute Gasteiger partial charge is 0.306 e. The number of aromatic nitrogens is 1. The number of hydrogen-bond acceptors (Lipinski definition) is 7. The highest BCUT2D eigenvalue weighted by atomic mass is 32.2. The zero-order chi connectivity index (χ0) is 18.9. The molecule has 0 bridgehead atoms. The molecular formula is C18H19N3O4S. The highest BCUT2D eigenvalue weighted by molar-refractivity contribution is 7.99. The van der Waals surface area contributed by atoms with Crippen LogP contribution in [0.1, 0.15) is 23.4 Å². The summed E-state index contributed by atoms with van der Waals surface area (Å²) in [6, 6.07) is 9.19. The summed E-state index contributed by atoms with van der Waals surface area (Å²) in [6.45, 7) is 3.24. The molecule has 0 radical (unpaired) electrons. The highest BCUT2D eigenvalue weighted by Gasteiger charge is 2.13. The molecule has 0 aliphatic carbocycles. The van der Waals surface area contributed by atoms with E-state index in [1.807, 2.05) is 25.1 Å². The first-order chi connectivity index (χ1) is 12.5. The lowest BCUT2D eigenvalue weighted by Gasteiger charge is -2.10. The van der Waals surface area contributed by atoms with Gasteiger partial charge in [0.2, 0.25) is 0 Å². The van der Waals surface area contributed by atoms with Gasteiger partial charge in [-0.05, 0) is 32.4 Å². The summed E-state index contributed by atoms with van der Waals surface area (Å²) in [5.41, 5.74) is 2.22. The summed E-state index contributed by atoms with van der Waals surface area (Å²) in [5, 5.41) is 15.2. The average molecular weight is 373 g/mol. The van der Waals surface area contributed by atoms with E-state index in [2.05, 4.69) is 10.5 Å². The van der Waals surface area contributed by atoms with Gasteiger partial charge in [0.05, 0.1) is 23.2 Å². The van der Waals surface area contributed by atoms with Gasteiger partial charge in [-0.2, -0.15) is 5.26 Å². The second-order valence-corrected chi connectivity index (χ2v) is 6.47. The molecule has 0 atom stereocenters. The van der Waals surface area contributed by atoms with Crippen LogP contribution in [0.3, 0.4) is 0 Å². The van der Waals surface area contributed by atoms with E-state index in [0.29, 0.717) is 17.9 Å². The fraction of sp³-hybridized carbons (Fsp3) is 0.333. The van der Waals surface area contributed by atoms with Crippen molar-refractivity contribution in [1.82, 2.24) is 5.16 Å². The van der Waals surface area contributed by atoms with Crippen LogP contribution in [0.25, 0.3) is 0 Å². The number of ether oxygens (including phenoxy) is 1. The molecule has 7 nitrogen and oxygen atoms in total. The van der Waals surface area contributed by atoms with Gasteiger partial charge in [-0.1, -0.05) is 17.3 Å². The molecule has 136 valence electrons. The Kier molecular flexibility index (Phi) is 7.24. The van der Waals surface area contributed by atoms with Crippen molar-refractivity contribution in [2.75, 3.05) is 17.7 Å². The van der Waals surface area contributed by atoms with Gasteiger partial charge in [-0.3, -0.25) is 9.59 Å². The first-order valence-electron chi connectivity index (χ1n) is 7.97. The van der Waals surface area contributed by atoms with Crippen molar-refractivity contribution >= 4 is 29.3 Å². The third kappa shape index (κ3) is 5.63. The first kappa shape index (κ1) is 19.5. The van der Waals surface area contributed by atoms with Crippen LogP contribution in [0.4, 0.5) is 5.69 Å². The van der Waals surface area contributed by atoms with Gasteiger partial charge >= 0.3 is 5.97 Å². The van der Waals surface area contributed by atoms with Crippen LogP contribution in [-0.2, 0) is 20.7 Å². The normalized spacial score (nSPS) is 10.2. The maximum absolute atomic E-state index is 12.0. The van der Waals surface area contributed by atoms with Gasteiger partial charge in [0, 0.05) is 16.9 Å². The Balaban J connectivity index is 1.80. The molecule has 2 aromatic rings. The van der Waals surface area contributed by atoms with Gasteiger partial charge in [0.25, 0.3) is 5.91 Å². The zero-order valence-electron chi connectivity index (χ0n) is 14.6. The van der Waals surface area contributed by atoms with Crippen LogP contribution in [0, 0.1) is 25.2 Å². The SMILES string of the molecule is Cc1noc(C)c1CCC(=O)OCC(=O)Nc1ccccc1SCC#N. The third-order valence-electron chi connectivity index (χ3n) is 3.58.